The molecule has 0 N–H and O–H groups in total. The molecule has 0 aliphatic carbocycles. The van der Waals surface area contributed by atoms with Crippen LogP contribution >= 0.6 is 11.6 Å². The summed E-state index contributed by atoms with van der Waals surface area (Å²) in [5, 5.41) is 9.27. The van der Waals surface area contributed by atoms with E-state index in [9.17, 15) is 4.79 Å². The van der Waals surface area contributed by atoms with Crippen molar-refractivity contribution in [2.45, 2.75) is 0 Å². The summed E-state index contributed by atoms with van der Waals surface area (Å²) in [7, 11) is 0. The number of carbonyl (C=O) groups excluding carboxylic acids is 1. The topological polar surface area (TPSA) is 50.1 Å². The van der Waals surface area contributed by atoms with Crippen LogP contribution < -0.4 is 4.74 Å². The van der Waals surface area contributed by atoms with E-state index < -0.39 is 0 Å². The number of carbonyl (C=O) groups is 1. The zero-order valence-corrected chi connectivity index (χ0v) is 10.7. The number of benzene rings is 2. The van der Waals surface area contributed by atoms with Crippen LogP contribution in [-0.2, 0) is 0 Å². The van der Waals surface area contributed by atoms with Gasteiger partial charge in [-0.15, -0.1) is 0 Å². The third-order valence-electron chi connectivity index (χ3n) is 2.48. The molecule has 0 aliphatic rings. The van der Waals surface area contributed by atoms with E-state index in [4.69, 9.17) is 21.6 Å². The fraction of sp³-hybridized carbons (Fsp3) is 0.0667. The molecule has 4 heteroatoms. The summed E-state index contributed by atoms with van der Waals surface area (Å²) < 4.78 is 5.36. The van der Waals surface area contributed by atoms with Gasteiger partial charge in [0.25, 0.3) is 0 Å². The van der Waals surface area contributed by atoms with Crippen molar-refractivity contribution in [1.82, 2.24) is 0 Å². The van der Waals surface area contributed by atoms with E-state index in [-0.39, 0.29) is 12.4 Å². The highest BCUT2D eigenvalue weighted by Gasteiger charge is 2.07. The van der Waals surface area contributed by atoms with Crippen molar-refractivity contribution in [2.75, 3.05) is 6.61 Å². The van der Waals surface area contributed by atoms with Gasteiger partial charge in [-0.05, 0) is 30.3 Å². The summed E-state index contributed by atoms with van der Waals surface area (Å²) in [6.45, 7) is -0.0881. The maximum absolute atomic E-state index is 11.9. The standard InChI is InChI=1S/C15H10ClNO2/c16-13-5-2-4-12(8-13)15(18)10-19-14-6-1-3-11(7-14)9-17/h1-8H,10H2. The number of ether oxygens (including phenoxy) is 1. The highest BCUT2D eigenvalue weighted by atomic mass is 35.5. The van der Waals surface area contributed by atoms with Crippen LogP contribution in [0.3, 0.4) is 0 Å². The molecule has 2 rings (SSSR count). The number of Topliss-reactive ketones (excluding diaryl/α,β-unsaturated/α-hetero) is 1. The molecule has 94 valence electrons. The van der Waals surface area contributed by atoms with Gasteiger partial charge in [0.2, 0.25) is 0 Å². The van der Waals surface area contributed by atoms with Gasteiger partial charge in [0.15, 0.2) is 12.4 Å². The second kappa shape index (κ2) is 6.03. The van der Waals surface area contributed by atoms with Crippen molar-refractivity contribution in [1.29, 1.82) is 5.26 Å². The minimum atomic E-state index is -0.162. The van der Waals surface area contributed by atoms with Crippen molar-refractivity contribution in [3.05, 3.63) is 64.7 Å². The average Bonchev–Trinajstić information content (AvgIpc) is 2.45. The predicted molar refractivity (Wildman–Crippen MR) is 72.4 cm³/mol. The number of rotatable bonds is 4. The van der Waals surface area contributed by atoms with Crippen molar-refractivity contribution < 1.29 is 9.53 Å². The summed E-state index contributed by atoms with van der Waals surface area (Å²) in [6, 6.07) is 15.4. The maximum atomic E-state index is 11.9. The Kier molecular flexibility index (Phi) is 4.17. The van der Waals surface area contributed by atoms with Crippen LogP contribution in [0.15, 0.2) is 48.5 Å². The monoisotopic (exact) mass is 271 g/mol. The summed E-state index contributed by atoms with van der Waals surface area (Å²) in [5.41, 5.74) is 0.997. The summed E-state index contributed by atoms with van der Waals surface area (Å²) in [5.74, 6) is 0.333. The fourth-order valence-corrected chi connectivity index (χ4v) is 1.74. The van der Waals surface area contributed by atoms with Crippen molar-refractivity contribution in [3.8, 4) is 11.8 Å². The molecular formula is C15H10ClNO2. The van der Waals surface area contributed by atoms with E-state index in [0.29, 0.717) is 21.9 Å². The molecule has 0 spiro atoms. The van der Waals surface area contributed by atoms with Gasteiger partial charge in [0.05, 0.1) is 11.6 Å². The molecule has 2 aromatic rings. The van der Waals surface area contributed by atoms with Crippen LogP contribution in [0.1, 0.15) is 15.9 Å². The molecule has 0 fully saturated rings. The van der Waals surface area contributed by atoms with Gasteiger partial charge >= 0.3 is 0 Å². The van der Waals surface area contributed by atoms with Gasteiger partial charge in [0, 0.05) is 10.6 Å². The van der Waals surface area contributed by atoms with E-state index in [0.717, 1.165) is 0 Å². The van der Waals surface area contributed by atoms with Gasteiger partial charge < -0.3 is 4.74 Å². The van der Waals surface area contributed by atoms with Crippen molar-refractivity contribution in [3.63, 3.8) is 0 Å². The Morgan fingerprint density at radius 1 is 1.21 bits per heavy atom. The van der Waals surface area contributed by atoms with Crippen LogP contribution in [0.5, 0.6) is 5.75 Å². The first-order chi connectivity index (χ1) is 9.19. The second-order valence-electron chi connectivity index (χ2n) is 3.86. The fourth-order valence-electron chi connectivity index (χ4n) is 1.55. The summed E-state index contributed by atoms with van der Waals surface area (Å²) in [6.07, 6.45) is 0. The maximum Gasteiger partial charge on any atom is 0.200 e. The zero-order chi connectivity index (χ0) is 13.7. The first-order valence-electron chi connectivity index (χ1n) is 5.61. The molecule has 19 heavy (non-hydrogen) atoms. The Morgan fingerprint density at radius 2 is 2.00 bits per heavy atom. The van der Waals surface area contributed by atoms with E-state index >= 15 is 0 Å². The molecular weight excluding hydrogens is 262 g/mol. The lowest BCUT2D eigenvalue weighted by Crippen LogP contribution is -2.11. The Morgan fingerprint density at radius 3 is 2.74 bits per heavy atom. The second-order valence-corrected chi connectivity index (χ2v) is 4.30. The van der Waals surface area contributed by atoms with Crippen molar-refractivity contribution in [2.24, 2.45) is 0 Å². The first-order valence-corrected chi connectivity index (χ1v) is 5.98. The lowest BCUT2D eigenvalue weighted by molar-refractivity contribution is 0.0921. The minimum absolute atomic E-state index is 0.0881. The molecule has 0 saturated heterocycles. The van der Waals surface area contributed by atoms with Crippen LogP contribution in [0.4, 0.5) is 0 Å². The van der Waals surface area contributed by atoms with E-state index in [1.54, 1.807) is 48.5 Å². The molecule has 0 radical (unpaired) electrons. The van der Waals surface area contributed by atoms with E-state index in [1.807, 2.05) is 6.07 Å². The number of hydrogen-bond acceptors (Lipinski definition) is 3. The number of halogens is 1. The molecule has 0 amide bonds. The molecule has 3 nitrogen and oxygen atoms in total. The molecule has 0 atom stereocenters. The van der Waals surface area contributed by atoms with Crippen LogP contribution in [0.25, 0.3) is 0 Å². The molecule has 0 aliphatic heterocycles. The average molecular weight is 272 g/mol. The number of ketones is 1. The number of hydrogen-bond donors (Lipinski definition) is 0. The zero-order valence-electron chi connectivity index (χ0n) is 9.97. The van der Waals surface area contributed by atoms with Gasteiger partial charge in [-0.1, -0.05) is 29.8 Å². The SMILES string of the molecule is N#Cc1cccc(OCC(=O)c2cccc(Cl)c2)c1. The molecule has 0 saturated carbocycles. The molecule has 0 unspecified atom stereocenters. The highest BCUT2D eigenvalue weighted by Crippen LogP contribution is 2.14. The van der Waals surface area contributed by atoms with Crippen LogP contribution in [0, 0.1) is 11.3 Å². The largest absolute Gasteiger partial charge is 0.485 e. The van der Waals surface area contributed by atoms with Crippen LogP contribution in [-0.4, -0.2) is 12.4 Å². The quantitative estimate of drug-likeness (QED) is 0.800. The lowest BCUT2D eigenvalue weighted by Gasteiger charge is -2.06. The summed E-state index contributed by atoms with van der Waals surface area (Å²) in [4.78, 5) is 11.9. The van der Waals surface area contributed by atoms with E-state index in [1.165, 1.54) is 0 Å². The Bertz CT molecular complexity index is 647. The number of nitrogens with zero attached hydrogens (tertiary/aromatic N) is 1. The van der Waals surface area contributed by atoms with Gasteiger partial charge in [-0.3, -0.25) is 4.79 Å². The van der Waals surface area contributed by atoms with E-state index in [2.05, 4.69) is 0 Å². The third kappa shape index (κ3) is 3.57. The number of nitriles is 1. The Hall–Kier alpha value is -2.31. The molecule has 0 aromatic heterocycles. The third-order valence-corrected chi connectivity index (χ3v) is 2.71. The van der Waals surface area contributed by atoms with Crippen LogP contribution in [0.2, 0.25) is 5.02 Å². The smallest absolute Gasteiger partial charge is 0.200 e. The van der Waals surface area contributed by atoms with Gasteiger partial charge in [-0.25, -0.2) is 0 Å². The molecule has 0 heterocycles. The van der Waals surface area contributed by atoms with Gasteiger partial charge in [-0.2, -0.15) is 5.26 Å². The molecule has 2 aromatic carbocycles. The first kappa shape index (κ1) is 13.1. The van der Waals surface area contributed by atoms with Crippen molar-refractivity contribution >= 4 is 17.4 Å². The lowest BCUT2D eigenvalue weighted by atomic mass is 10.1. The Labute approximate surface area is 116 Å². The predicted octanol–water partition coefficient (Wildman–Crippen LogP) is 3.47. The minimum Gasteiger partial charge on any atom is -0.485 e. The Balaban J connectivity index is 2.02. The van der Waals surface area contributed by atoms with Gasteiger partial charge in [0.1, 0.15) is 5.75 Å². The normalized spacial score (nSPS) is 9.68. The highest BCUT2D eigenvalue weighted by molar-refractivity contribution is 6.31. The summed E-state index contributed by atoms with van der Waals surface area (Å²) >= 11 is 5.82. The molecule has 0 bridgehead atoms.